The largest absolute Gasteiger partial charge is 0.491 e. The van der Waals surface area contributed by atoms with Crippen LogP contribution in [0.4, 0.5) is 22.0 Å². The molecule has 0 fully saturated rings. The third-order valence-corrected chi connectivity index (χ3v) is 6.13. The fourth-order valence-corrected chi connectivity index (χ4v) is 4.30. The van der Waals surface area contributed by atoms with Crippen molar-refractivity contribution in [1.82, 2.24) is 0 Å². The van der Waals surface area contributed by atoms with Crippen LogP contribution in [0.15, 0.2) is 48.5 Å². The molecule has 172 valence electrons. The SMILES string of the molecule is CCOc1ccc(-c2ccc(C3=CCC(c4ccc(C)c(F)c4F)CC3)c(F)c2)c(F)c1F. The van der Waals surface area contributed by atoms with Crippen LogP contribution in [0.5, 0.6) is 5.75 Å². The van der Waals surface area contributed by atoms with Crippen LogP contribution in [0.25, 0.3) is 16.7 Å². The molecule has 33 heavy (non-hydrogen) atoms. The van der Waals surface area contributed by atoms with Crippen LogP contribution in [-0.4, -0.2) is 6.61 Å². The summed E-state index contributed by atoms with van der Waals surface area (Å²) in [5.74, 6) is -4.80. The second-order valence-electron chi connectivity index (χ2n) is 8.17. The number of hydrogen-bond acceptors (Lipinski definition) is 1. The summed E-state index contributed by atoms with van der Waals surface area (Å²) in [6.07, 6.45) is 3.32. The second-order valence-corrected chi connectivity index (χ2v) is 8.17. The van der Waals surface area contributed by atoms with Crippen LogP contribution in [0.2, 0.25) is 0 Å². The molecule has 6 heteroatoms. The second kappa shape index (κ2) is 9.38. The van der Waals surface area contributed by atoms with E-state index in [1.807, 2.05) is 6.08 Å². The summed E-state index contributed by atoms with van der Waals surface area (Å²) in [4.78, 5) is 0. The molecule has 0 saturated heterocycles. The first-order chi connectivity index (χ1) is 15.8. The zero-order valence-electron chi connectivity index (χ0n) is 18.3. The fourth-order valence-electron chi connectivity index (χ4n) is 4.30. The van der Waals surface area contributed by atoms with Gasteiger partial charge in [-0.25, -0.2) is 17.6 Å². The lowest BCUT2D eigenvalue weighted by atomic mass is 9.82. The van der Waals surface area contributed by atoms with Crippen LogP contribution < -0.4 is 4.74 Å². The van der Waals surface area contributed by atoms with Crippen molar-refractivity contribution in [2.45, 2.75) is 39.0 Å². The van der Waals surface area contributed by atoms with Crippen molar-refractivity contribution in [1.29, 1.82) is 0 Å². The third kappa shape index (κ3) is 4.39. The van der Waals surface area contributed by atoms with E-state index in [-0.39, 0.29) is 35.0 Å². The number of aryl methyl sites for hydroxylation is 1. The topological polar surface area (TPSA) is 9.23 Å². The van der Waals surface area contributed by atoms with Gasteiger partial charge in [0.2, 0.25) is 5.82 Å². The van der Waals surface area contributed by atoms with Gasteiger partial charge >= 0.3 is 0 Å². The number of rotatable bonds is 5. The Balaban J connectivity index is 1.57. The number of halogens is 5. The van der Waals surface area contributed by atoms with Gasteiger partial charge in [-0.15, -0.1) is 0 Å². The molecule has 0 aromatic heterocycles. The van der Waals surface area contributed by atoms with Gasteiger partial charge in [0.1, 0.15) is 5.82 Å². The quantitative estimate of drug-likeness (QED) is 0.351. The van der Waals surface area contributed by atoms with Gasteiger partial charge < -0.3 is 4.74 Å². The van der Waals surface area contributed by atoms with E-state index in [0.717, 1.165) is 5.57 Å². The van der Waals surface area contributed by atoms with Crippen LogP contribution >= 0.6 is 0 Å². The molecule has 3 aromatic carbocycles. The van der Waals surface area contributed by atoms with E-state index in [1.54, 1.807) is 25.1 Å². The Morgan fingerprint density at radius 1 is 0.848 bits per heavy atom. The van der Waals surface area contributed by atoms with Crippen LogP contribution in [0.1, 0.15) is 48.8 Å². The highest BCUT2D eigenvalue weighted by Crippen LogP contribution is 2.39. The molecule has 4 rings (SSSR count). The first-order valence-electron chi connectivity index (χ1n) is 10.9. The van der Waals surface area contributed by atoms with Crippen molar-refractivity contribution in [2.24, 2.45) is 0 Å². The molecule has 1 nitrogen and oxygen atoms in total. The first-order valence-corrected chi connectivity index (χ1v) is 10.9. The zero-order valence-corrected chi connectivity index (χ0v) is 18.3. The molecule has 3 aromatic rings. The average molecular weight is 458 g/mol. The Hall–Kier alpha value is -3.15. The Morgan fingerprint density at radius 2 is 1.61 bits per heavy atom. The van der Waals surface area contributed by atoms with Crippen LogP contribution in [0.3, 0.4) is 0 Å². The lowest BCUT2D eigenvalue weighted by Crippen LogP contribution is -2.08. The minimum atomic E-state index is -1.11. The maximum Gasteiger partial charge on any atom is 0.201 e. The molecule has 0 aliphatic heterocycles. The predicted molar refractivity (Wildman–Crippen MR) is 119 cm³/mol. The predicted octanol–water partition coefficient (Wildman–Crippen LogP) is 8.11. The Bertz CT molecular complexity index is 1230. The van der Waals surface area contributed by atoms with E-state index < -0.39 is 29.1 Å². The molecule has 0 amide bonds. The van der Waals surface area contributed by atoms with Gasteiger partial charge in [0.25, 0.3) is 0 Å². The van der Waals surface area contributed by atoms with E-state index in [2.05, 4.69) is 0 Å². The van der Waals surface area contributed by atoms with Gasteiger partial charge in [-0.3, -0.25) is 0 Å². The summed E-state index contributed by atoms with van der Waals surface area (Å²) >= 11 is 0. The van der Waals surface area contributed by atoms with Crippen molar-refractivity contribution >= 4 is 5.57 Å². The van der Waals surface area contributed by atoms with E-state index in [4.69, 9.17) is 4.74 Å². The first kappa shape index (κ1) is 23.0. The smallest absolute Gasteiger partial charge is 0.201 e. The van der Waals surface area contributed by atoms with Gasteiger partial charge in [-0.1, -0.05) is 30.3 Å². The van der Waals surface area contributed by atoms with Gasteiger partial charge in [0.05, 0.1) is 6.61 Å². The summed E-state index contributed by atoms with van der Waals surface area (Å²) in [5, 5.41) is 0. The molecular weight excluding hydrogens is 435 g/mol. The highest BCUT2D eigenvalue weighted by molar-refractivity contribution is 5.72. The lowest BCUT2D eigenvalue weighted by Gasteiger charge is -2.23. The van der Waals surface area contributed by atoms with E-state index in [9.17, 15) is 22.0 Å². The lowest BCUT2D eigenvalue weighted by molar-refractivity contribution is 0.314. The van der Waals surface area contributed by atoms with Gasteiger partial charge in [-0.05, 0) is 79.5 Å². The molecule has 0 N–H and O–H groups in total. The standard InChI is InChI=1S/C27H23F5O/c1-3-33-23-13-12-21(26(31)27(23)32)18-9-11-19(22(28)14-18)16-5-7-17(8-6-16)20-10-4-15(2)24(29)25(20)30/h4-5,9-14,17H,3,6-8H2,1-2H3. The third-order valence-electron chi connectivity index (χ3n) is 6.13. The Labute approximate surface area is 189 Å². The van der Waals surface area contributed by atoms with Crippen LogP contribution in [0, 0.1) is 36.0 Å². The molecule has 0 heterocycles. The molecule has 1 aliphatic rings. The Morgan fingerprint density at radius 3 is 2.27 bits per heavy atom. The summed E-state index contributed by atoms with van der Waals surface area (Å²) in [5.41, 5.74) is 1.85. The minimum absolute atomic E-state index is 0.0593. The molecule has 0 saturated carbocycles. The molecule has 0 spiro atoms. The molecular formula is C27H23F5O. The molecule has 1 atom stereocenters. The van der Waals surface area contributed by atoms with Gasteiger partial charge in [0.15, 0.2) is 23.2 Å². The molecule has 1 unspecified atom stereocenters. The highest BCUT2D eigenvalue weighted by atomic mass is 19.2. The highest BCUT2D eigenvalue weighted by Gasteiger charge is 2.24. The van der Waals surface area contributed by atoms with Gasteiger partial charge in [-0.2, -0.15) is 4.39 Å². The van der Waals surface area contributed by atoms with Crippen molar-refractivity contribution in [3.63, 3.8) is 0 Å². The van der Waals surface area contributed by atoms with E-state index in [0.29, 0.717) is 30.4 Å². The summed E-state index contributed by atoms with van der Waals surface area (Å²) in [6, 6.07) is 10.1. The van der Waals surface area contributed by atoms with Crippen molar-refractivity contribution in [3.05, 3.63) is 94.3 Å². The van der Waals surface area contributed by atoms with Crippen molar-refractivity contribution in [3.8, 4) is 16.9 Å². The monoisotopic (exact) mass is 458 g/mol. The molecule has 0 bridgehead atoms. The summed E-state index contributed by atoms with van der Waals surface area (Å²) in [6.45, 7) is 3.37. The number of allylic oxidation sites excluding steroid dienone is 2. The number of hydrogen-bond donors (Lipinski definition) is 0. The molecule has 1 aliphatic carbocycles. The Kier molecular flexibility index (Phi) is 6.54. The van der Waals surface area contributed by atoms with Crippen LogP contribution in [-0.2, 0) is 0 Å². The number of ether oxygens (including phenoxy) is 1. The maximum atomic E-state index is 14.9. The summed E-state index contributed by atoms with van der Waals surface area (Å²) < 4.78 is 77.0. The molecule has 0 radical (unpaired) electrons. The van der Waals surface area contributed by atoms with Crippen molar-refractivity contribution in [2.75, 3.05) is 6.61 Å². The van der Waals surface area contributed by atoms with Gasteiger partial charge in [0, 0.05) is 11.1 Å². The van der Waals surface area contributed by atoms with Crippen molar-refractivity contribution < 1.29 is 26.7 Å². The minimum Gasteiger partial charge on any atom is -0.491 e. The summed E-state index contributed by atoms with van der Waals surface area (Å²) in [7, 11) is 0. The fraction of sp³-hybridized carbons (Fsp3) is 0.259. The van der Waals surface area contributed by atoms with E-state index >= 15 is 0 Å². The average Bonchev–Trinajstić information content (AvgIpc) is 2.81. The zero-order chi connectivity index (χ0) is 23.7. The van der Waals surface area contributed by atoms with E-state index in [1.165, 1.54) is 31.2 Å². The normalized spacial score (nSPS) is 16.0. The maximum absolute atomic E-state index is 14.9. The number of benzene rings is 3.